The lowest BCUT2D eigenvalue weighted by Crippen LogP contribution is -2.48. The van der Waals surface area contributed by atoms with E-state index in [4.69, 9.17) is 5.73 Å². The molecule has 0 aromatic heterocycles. The van der Waals surface area contributed by atoms with Crippen molar-refractivity contribution in [3.05, 3.63) is 65.2 Å². The standard InChI is InChI=1S/C21H25N3O6S/c1-14-12-16(21(27)30-2)8-9-18(14)31(28,29)24-17(13-15-6-4-3-5-7-15)20(26)23-11-10-19(22)25/h3-9,12,17,24H,10-11,13H2,1-2H3,(H2,22,25)(H,23,26)/t17-/m0/s1. The van der Waals surface area contributed by atoms with Crippen molar-refractivity contribution in [2.45, 2.75) is 30.7 Å². The summed E-state index contributed by atoms with van der Waals surface area (Å²) in [6.07, 6.45) is 0.0341. The lowest BCUT2D eigenvalue weighted by Gasteiger charge is -2.19. The Kier molecular flexibility index (Phi) is 8.29. The molecule has 1 atom stereocenters. The number of nitrogens with one attached hydrogen (secondary N) is 2. The van der Waals surface area contributed by atoms with Crippen molar-refractivity contribution < 1.29 is 27.5 Å². The van der Waals surface area contributed by atoms with E-state index in [1.165, 1.54) is 25.3 Å². The monoisotopic (exact) mass is 447 g/mol. The first-order valence-corrected chi connectivity index (χ1v) is 10.9. The van der Waals surface area contributed by atoms with Crippen LogP contribution in [0.3, 0.4) is 0 Å². The second kappa shape index (κ2) is 10.7. The van der Waals surface area contributed by atoms with Gasteiger partial charge in [0.25, 0.3) is 0 Å². The smallest absolute Gasteiger partial charge is 0.337 e. The van der Waals surface area contributed by atoms with Gasteiger partial charge in [0.1, 0.15) is 6.04 Å². The van der Waals surface area contributed by atoms with Crippen LogP contribution in [-0.4, -0.2) is 45.9 Å². The zero-order chi connectivity index (χ0) is 23.0. The van der Waals surface area contributed by atoms with Gasteiger partial charge >= 0.3 is 5.97 Å². The first-order chi connectivity index (χ1) is 14.6. The minimum Gasteiger partial charge on any atom is -0.465 e. The molecule has 4 N–H and O–H groups in total. The molecule has 0 aliphatic rings. The zero-order valence-corrected chi connectivity index (χ0v) is 18.1. The number of methoxy groups -OCH3 is 1. The normalized spacial score (nSPS) is 12.1. The average molecular weight is 448 g/mol. The SMILES string of the molecule is COC(=O)c1ccc(S(=O)(=O)N[C@@H](Cc2ccccc2)C(=O)NCCC(N)=O)c(C)c1. The number of nitrogens with two attached hydrogens (primary N) is 1. The van der Waals surface area contributed by atoms with Crippen LogP contribution in [0, 0.1) is 6.92 Å². The van der Waals surface area contributed by atoms with Crippen LogP contribution in [-0.2, 0) is 30.8 Å². The Morgan fingerprint density at radius 1 is 1.10 bits per heavy atom. The first kappa shape index (κ1) is 24.0. The van der Waals surface area contributed by atoms with Crippen LogP contribution >= 0.6 is 0 Å². The third-order valence-electron chi connectivity index (χ3n) is 4.45. The fraction of sp³-hybridized carbons (Fsp3) is 0.286. The van der Waals surface area contributed by atoms with Crippen LogP contribution in [0.25, 0.3) is 0 Å². The molecule has 0 aliphatic heterocycles. The Bertz CT molecular complexity index is 1050. The number of esters is 1. The van der Waals surface area contributed by atoms with Crippen molar-refractivity contribution in [2.75, 3.05) is 13.7 Å². The molecular weight excluding hydrogens is 422 g/mol. The van der Waals surface area contributed by atoms with Crippen molar-refractivity contribution in [1.82, 2.24) is 10.0 Å². The van der Waals surface area contributed by atoms with Gasteiger partial charge in [-0.05, 0) is 42.7 Å². The van der Waals surface area contributed by atoms with Crippen LogP contribution in [0.2, 0.25) is 0 Å². The summed E-state index contributed by atoms with van der Waals surface area (Å²) >= 11 is 0. The third kappa shape index (κ3) is 6.90. The number of ether oxygens (including phenoxy) is 1. The Morgan fingerprint density at radius 3 is 2.35 bits per heavy atom. The molecule has 0 spiro atoms. The summed E-state index contributed by atoms with van der Waals surface area (Å²) in [5.74, 6) is -1.75. The molecule has 2 amide bonds. The highest BCUT2D eigenvalue weighted by Gasteiger charge is 2.27. The molecule has 0 saturated heterocycles. The van der Waals surface area contributed by atoms with Gasteiger partial charge < -0.3 is 15.8 Å². The Morgan fingerprint density at radius 2 is 1.77 bits per heavy atom. The molecule has 0 heterocycles. The highest BCUT2D eigenvalue weighted by Crippen LogP contribution is 2.18. The average Bonchev–Trinajstić information content (AvgIpc) is 2.72. The zero-order valence-electron chi connectivity index (χ0n) is 17.3. The van der Waals surface area contributed by atoms with E-state index in [1.54, 1.807) is 31.2 Å². The van der Waals surface area contributed by atoms with E-state index < -0.39 is 33.8 Å². The number of primary amides is 1. The molecule has 0 radical (unpaired) electrons. The van der Waals surface area contributed by atoms with Crippen molar-refractivity contribution in [3.8, 4) is 0 Å². The number of hydrogen-bond donors (Lipinski definition) is 3. The molecule has 2 aromatic rings. The number of carbonyl (C=O) groups is 3. The van der Waals surface area contributed by atoms with Gasteiger partial charge in [0.15, 0.2) is 0 Å². The van der Waals surface area contributed by atoms with Crippen LogP contribution in [0.5, 0.6) is 0 Å². The maximum Gasteiger partial charge on any atom is 0.337 e. The van der Waals surface area contributed by atoms with Gasteiger partial charge in [-0.1, -0.05) is 30.3 Å². The van der Waals surface area contributed by atoms with E-state index in [2.05, 4.69) is 14.8 Å². The lowest BCUT2D eigenvalue weighted by molar-refractivity contribution is -0.123. The maximum atomic E-state index is 13.0. The Balaban J connectivity index is 2.27. The van der Waals surface area contributed by atoms with E-state index in [-0.39, 0.29) is 29.8 Å². The van der Waals surface area contributed by atoms with E-state index in [0.717, 1.165) is 5.56 Å². The summed E-state index contributed by atoms with van der Waals surface area (Å²) in [5.41, 5.74) is 6.36. The van der Waals surface area contributed by atoms with Crippen LogP contribution in [0.4, 0.5) is 0 Å². The number of hydrogen-bond acceptors (Lipinski definition) is 6. The minimum atomic E-state index is -4.10. The Labute approximate surface area is 181 Å². The highest BCUT2D eigenvalue weighted by molar-refractivity contribution is 7.89. The van der Waals surface area contributed by atoms with Crippen molar-refractivity contribution in [3.63, 3.8) is 0 Å². The largest absolute Gasteiger partial charge is 0.465 e. The number of rotatable bonds is 10. The number of aryl methyl sites for hydroxylation is 1. The number of sulfonamides is 1. The third-order valence-corrected chi connectivity index (χ3v) is 6.08. The van der Waals surface area contributed by atoms with Crippen molar-refractivity contribution in [1.29, 1.82) is 0 Å². The van der Waals surface area contributed by atoms with Crippen molar-refractivity contribution in [2.24, 2.45) is 5.73 Å². The molecule has 0 fully saturated rings. The molecule has 9 nitrogen and oxygen atoms in total. The fourth-order valence-corrected chi connectivity index (χ4v) is 4.34. The van der Waals surface area contributed by atoms with Gasteiger partial charge in [-0.25, -0.2) is 13.2 Å². The molecule has 0 unspecified atom stereocenters. The summed E-state index contributed by atoms with van der Waals surface area (Å²) in [6.45, 7) is 1.54. The van der Waals surface area contributed by atoms with E-state index in [1.807, 2.05) is 6.07 Å². The summed E-state index contributed by atoms with van der Waals surface area (Å²) < 4.78 is 33.1. The summed E-state index contributed by atoms with van der Waals surface area (Å²) in [6, 6.07) is 11.8. The van der Waals surface area contributed by atoms with Gasteiger partial charge in [0.2, 0.25) is 21.8 Å². The molecule has 2 aromatic carbocycles. The van der Waals surface area contributed by atoms with E-state index >= 15 is 0 Å². The molecular formula is C21H25N3O6S. The molecule has 166 valence electrons. The van der Waals surface area contributed by atoms with Gasteiger partial charge in [-0.15, -0.1) is 0 Å². The second-order valence-electron chi connectivity index (χ2n) is 6.84. The quantitative estimate of drug-likeness (QED) is 0.456. The molecule has 10 heteroatoms. The molecule has 0 saturated carbocycles. The first-order valence-electron chi connectivity index (χ1n) is 9.45. The van der Waals surface area contributed by atoms with Crippen LogP contribution < -0.4 is 15.8 Å². The molecule has 31 heavy (non-hydrogen) atoms. The molecule has 0 bridgehead atoms. The van der Waals surface area contributed by atoms with Gasteiger partial charge in [-0.2, -0.15) is 4.72 Å². The van der Waals surface area contributed by atoms with Crippen LogP contribution in [0.15, 0.2) is 53.4 Å². The molecule has 2 rings (SSSR count). The molecule has 0 aliphatic carbocycles. The number of carbonyl (C=O) groups excluding carboxylic acids is 3. The van der Waals surface area contributed by atoms with E-state index in [9.17, 15) is 22.8 Å². The predicted octanol–water partition coefficient (Wildman–Crippen LogP) is 0.663. The number of benzene rings is 2. The number of amides is 2. The topological polar surface area (TPSA) is 145 Å². The van der Waals surface area contributed by atoms with Crippen LogP contribution in [0.1, 0.15) is 27.9 Å². The second-order valence-corrected chi connectivity index (χ2v) is 8.53. The van der Waals surface area contributed by atoms with Gasteiger partial charge in [0, 0.05) is 13.0 Å². The van der Waals surface area contributed by atoms with Gasteiger partial charge in [0.05, 0.1) is 17.6 Å². The summed E-state index contributed by atoms with van der Waals surface area (Å²) in [7, 11) is -2.87. The summed E-state index contributed by atoms with van der Waals surface area (Å²) in [4.78, 5) is 35.2. The minimum absolute atomic E-state index is 0.00591. The Hall–Kier alpha value is -3.24. The fourth-order valence-electron chi connectivity index (χ4n) is 2.92. The lowest BCUT2D eigenvalue weighted by atomic mass is 10.1. The van der Waals surface area contributed by atoms with Gasteiger partial charge in [-0.3, -0.25) is 9.59 Å². The van der Waals surface area contributed by atoms with Crippen molar-refractivity contribution >= 4 is 27.8 Å². The highest BCUT2D eigenvalue weighted by atomic mass is 32.2. The summed E-state index contributed by atoms with van der Waals surface area (Å²) in [5, 5.41) is 2.53. The maximum absolute atomic E-state index is 13.0. The predicted molar refractivity (Wildman–Crippen MR) is 114 cm³/mol. The van der Waals surface area contributed by atoms with E-state index in [0.29, 0.717) is 5.56 Å².